The Morgan fingerprint density at radius 2 is 0.980 bits per heavy atom. The van der Waals surface area contributed by atoms with E-state index in [1.807, 2.05) is 78.9 Å². The third-order valence-corrected chi connectivity index (χ3v) is 12.6. The Labute approximate surface area is 299 Å². The first-order chi connectivity index (χ1) is 24.8. The van der Waals surface area contributed by atoms with E-state index in [1.165, 1.54) is 0 Å². The van der Waals surface area contributed by atoms with Gasteiger partial charge in [-0.15, -0.1) is 0 Å². The summed E-state index contributed by atoms with van der Waals surface area (Å²) < 4.78 is 0. The molecule has 0 spiro atoms. The van der Waals surface area contributed by atoms with Crippen LogP contribution in [0.4, 0.5) is 11.4 Å². The SMILES string of the molecule is O=C1N[C@@H](Cc2ccccc2)C(=O)N2[C@H]3Nc4ccccc4[C@@]3([C@]34C[C@H]5C(=O)N[C@@H](Cc6ccc(Cl)cc6)C(=O)N5[C@H]3Nc3ccccc34)C[C@@H]12. The van der Waals surface area contributed by atoms with Gasteiger partial charge in [-0.05, 0) is 59.4 Å². The average Bonchev–Trinajstić information content (AvgIpc) is 3.85. The lowest BCUT2D eigenvalue weighted by molar-refractivity contribution is -0.149. The number of rotatable bonds is 5. The van der Waals surface area contributed by atoms with Gasteiger partial charge >= 0.3 is 0 Å². The Bertz CT molecular complexity index is 2150. The minimum Gasteiger partial charge on any atom is -0.364 e. The molecule has 51 heavy (non-hydrogen) atoms. The number of halogens is 1. The number of piperazine rings is 2. The number of carbonyl (C=O) groups excluding carboxylic acids is 4. The first-order valence-corrected chi connectivity index (χ1v) is 17.9. The summed E-state index contributed by atoms with van der Waals surface area (Å²) in [6.45, 7) is 0. The molecule has 10 nitrogen and oxygen atoms in total. The van der Waals surface area contributed by atoms with Gasteiger partial charge in [-0.25, -0.2) is 0 Å². The van der Waals surface area contributed by atoms with Gasteiger partial charge in [0, 0.05) is 29.2 Å². The van der Waals surface area contributed by atoms with Crippen LogP contribution in [0.15, 0.2) is 103 Å². The van der Waals surface area contributed by atoms with Gasteiger partial charge in [-0.3, -0.25) is 19.2 Å². The van der Waals surface area contributed by atoms with Crippen molar-refractivity contribution in [2.24, 2.45) is 0 Å². The first-order valence-electron chi connectivity index (χ1n) is 17.6. The number of nitrogens with one attached hydrogen (secondary N) is 4. The molecule has 256 valence electrons. The average molecular weight is 699 g/mol. The molecule has 0 aromatic heterocycles. The summed E-state index contributed by atoms with van der Waals surface area (Å²) in [4.78, 5) is 61.2. The maximum atomic E-state index is 14.7. The minimum absolute atomic E-state index is 0.143. The van der Waals surface area contributed by atoms with E-state index in [0.29, 0.717) is 30.7 Å². The molecule has 0 saturated carbocycles. The second-order valence-corrected chi connectivity index (χ2v) is 15.1. The summed E-state index contributed by atoms with van der Waals surface area (Å²) in [7, 11) is 0. The number of anilines is 2. The lowest BCUT2D eigenvalue weighted by Crippen LogP contribution is -2.67. The van der Waals surface area contributed by atoms with E-state index < -0.39 is 47.3 Å². The largest absolute Gasteiger partial charge is 0.364 e. The molecule has 0 unspecified atom stereocenters. The molecular weight excluding hydrogens is 664 g/mol. The van der Waals surface area contributed by atoms with Gasteiger partial charge in [-0.1, -0.05) is 90.5 Å². The molecule has 4 amide bonds. The van der Waals surface area contributed by atoms with Gasteiger partial charge in [0.05, 0.1) is 10.8 Å². The number of hydrogen-bond acceptors (Lipinski definition) is 6. The van der Waals surface area contributed by atoms with Crippen molar-refractivity contribution in [2.75, 3.05) is 10.6 Å². The van der Waals surface area contributed by atoms with Crippen molar-refractivity contribution in [2.45, 2.75) is 73.0 Å². The van der Waals surface area contributed by atoms with Crippen molar-refractivity contribution in [3.05, 3.63) is 130 Å². The van der Waals surface area contributed by atoms with Crippen LogP contribution in [0.5, 0.6) is 0 Å². The van der Waals surface area contributed by atoms with Crippen molar-refractivity contribution in [1.82, 2.24) is 20.4 Å². The molecule has 4 saturated heterocycles. The number of benzene rings is 4. The predicted molar refractivity (Wildman–Crippen MR) is 191 cm³/mol. The molecule has 0 bridgehead atoms. The van der Waals surface area contributed by atoms with E-state index in [-0.39, 0.29) is 23.6 Å². The topological polar surface area (TPSA) is 123 Å². The summed E-state index contributed by atoms with van der Waals surface area (Å²) in [6, 6.07) is 30.2. The van der Waals surface area contributed by atoms with Crippen LogP contribution in [0.25, 0.3) is 0 Å². The summed E-state index contributed by atoms with van der Waals surface area (Å²) in [5, 5.41) is 14.2. The van der Waals surface area contributed by atoms with Gasteiger partial charge in [0.2, 0.25) is 23.6 Å². The minimum atomic E-state index is -0.881. The summed E-state index contributed by atoms with van der Waals surface area (Å²) in [6.07, 6.45) is 0.137. The normalized spacial score (nSPS) is 32.5. The molecular formula is C40H35ClN6O4. The van der Waals surface area contributed by atoms with Crippen LogP contribution in [-0.4, -0.2) is 69.9 Å². The number of carbonyl (C=O) groups is 4. The third-order valence-electron chi connectivity index (χ3n) is 12.4. The molecule has 6 aliphatic heterocycles. The van der Waals surface area contributed by atoms with Crippen LogP contribution in [0, 0.1) is 0 Å². The van der Waals surface area contributed by atoms with Crippen LogP contribution < -0.4 is 21.3 Å². The molecule has 4 aromatic rings. The molecule has 11 heteroatoms. The summed E-state index contributed by atoms with van der Waals surface area (Å²) in [5.74, 6) is -0.707. The molecule has 10 rings (SSSR count). The van der Waals surface area contributed by atoms with Crippen molar-refractivity contribution in [3.8, 4) is 0 Å². The van der Waals surface area contributed by atoms with Crippen LogP contribution in [0.2, 0.25) is 5.02 Å². The van der Waals surface area contributed by atoms with Gasteiger partial charge < -0.3 is 31.1 Å². The first kappa shape index (κ1) is 30.5. The monoisotopic (exact) mass is 698 g/mol. The smallest absolute Gasteiger partial charge is 0.247 e. The van der Waals surface area contributed by atoms with Crippen molar-refractivity contribution < 1.29 is 19.2 Å². The Balaban J connectivity index is 1.12. The molecule has 8 atom stereocenters. The number of hydrogen-bond donors (Lipinski definition) is 4. The highest BCUT2D eigenvalue weighted by Crippen LogP contribution is 2.68. The van der Waals surface area contributed by atoms with Crippen LogP contribution >= 0.6 is 11.6 Å². The Morgan fingerprint density at radius 3 is 1.47 bits per heavy atom. The fraction of sp³-hybridized carbons (Fsp3) is 0.300. The highest BCUT2D eigenvalue weighted by atomic mass is 35.5. The fourth-order valence-corrected chi connectivity index (χ4v) is 10.5. The Hall–Kier alpha value is -5.35. The van der Waals surface area contributed by atoms with Gasteiger partial charge in [-0.2, -0.15) is 0 Å². The van der Waals surface area contributed by atoms with Gasteiger partial charge in [0.1, 0.15) is 36.5 Å². The highest BCUT2D eigenvalue weighted by molar-refractivity contribution is 6.30. The van der Waals surface area contributed by atoms with Gasteiger partial charge in [0.15, 0.2) is 0 Å². The van der Waals surface area contributed by atoms with E-state index in [9.17, 15) is 19.2 Å². The van der Waals surface area contributed by atoms with Crippen molar-refractivity contribution in [1.29, 1.82) is 0 Å². The lowest BCUT2D eigenvalue weighted by Gasteiger charge is -2.48. The van der Waals surface area contributed by atoms with E-state index in [4.69, 9.17) is 11.6 Å². The zero-order valence-corrected chi connectivity index (χ0v) is 28.3. The second-order valence-electron chi connectivity index (χ2n) is 14.7. The number of amides is 4. The van der Waals surface area contributed by atoms with Crippen LogP contribution in [-0.2, 0) is 42.8 Å². The van der Waals surface area contributed by atoms with E-state index in [0.717, 1.165) is 33.6 Å². The molecule has 0 radical (unpaired) electrons. The Morgan fingerprint density at radius 1 is 0.549 bits per heavy atom. The van der Waals surface area contributed by atoms with Crippen molar-refractivity contribution >= 4 is 46.6 Å². The van der Waals surface area contributed by atoms with E-state index in [2.05, 4.69) is 33.4 Å². The Kier molecular flexibility index (Phi) is 6.47. The standard InChI is InChI=1S/C40H35ClN6O4/c41-24-16-14-23(15-17-24)19-30-36(51)47-32(34(49)43-30)21-40(26-11-5-7-13-28(26)45-38(40)47)39-20-31-33(48)42-29(18-22-8-2-1-3-9-22)35(50)46(31)37(39)44-27-12-6-4-10-25(27)39/h1-17,29-32,37-38,44-45H,18-21H2,(H,42,48)(H,43,49)/t29-,30-,31-,32-,37+,38+,39-,40-/m0/s1. The highest BCUT2D eigenvalue weighted by Gasteiger charge is 2.78. The fourth-order valence-electron chi connectivity index (χ4n) is 10.4. The molecule has 0 aliphatic carbocycles. The van der Waals surface area contributed by atoms with E-state index >= 15 is 0 Å². The number of para-hydroxylation sites is 2. The van der Waals surface area contributed by atoms with Crippen LogP contribution in [0.1, 0.15) is 35.1 Å². The zero-order chi connectivity index (χ0) is 34.6. The van der Waals surface area contributed by atoms with Crippen molar-refractivity contribution in [3.63, 3.8) is 0 Å². The van der Waals surface area contributed by atoms with Crippen LogP contribution in [0.3, 0.4) is 0 Å². The molecule has 4 fully saturated rings. The maximum absolute atomic E-state index is 14.7. The maximum Gasteiger partial charge on any atom is 0.247 e. The third kappa shape index (κ3) is 4.05. The zero-order valence-electron chi connectivity index (χ0n) is 27.5. The number of nitrogens with zero attached hydrogens (tertiary/aromatic N) is 2. The summed E-state index contributed by atoms with van der Waals surface area (Å²) in [5.41, 5.74) is 3.83. The molecule has 4 aromatic carbocycles. The summed E-state index contributed by atoms with van der Waals surface area (Å²) >= 11 is 6.14. The van der Waals surface area contributed by atoms with E-state index in [1.54, 1.807) is 21.9 Å². The predicted octanol–water partition coefficient (Wildman–Crippen LogP) is 3.70. The lowest BCUT2D eigenvalue weighted by atomic mass is 9.54. The quantitative estimate of drug-likeness (QED) is 0.252. The second kappa shape index (κ2) is 10.8. The van der Waals surface area contributed by atoms with Gasteiger partial charge in [0.25, 0.3) is 0 Å². The molecule has 4 N–H and O–H groups in total. The molecule has 6 heterocycles. The number of fused-ring (bicyclic) bond motifs is 11. The molecule has 6 aliphatic rings.